The molecule has 0 atom stereocenters. The molecule has 0 heterocycles. The second-order valence-corrected chi connectivity index (χ2v) is 12.4. The van der Waals surface area contributed by atoms with Crippen molar-refractivity contribution >= 4 is 91.3 Å². The van der Waals surface area contributed by atoms with Crippen molar-refractivity contribution in [3.8, 4) is 0 Å². The van der Waals surface area contributed by atoms with Gasteiger partial charge in [0.25, 0.3) is 11.8 Å². The molecule has 0 aromatic heterocycles. The van der Waals surface area contributed by atoms with Gasteiger partial charge in [-0.1, -0.05) is 11.6 Å². The molecule has 0 saturated heterocycles. The highest BCUT2D eigenvalue weighted by atomic mass is 127. The molecule has 0 aliphatic carbocycles. The fourth-order valence-corrected chi connectivity index (χ4v) is 5.45. The number of rotatable bonds is 10. The molecule has 0 aliphatic rings. The summed E-state index contributed by atoms with van der Waals surface area (Å²) >= 11 is 10.5. The van der Waals surface area contributed by atoms with E-state index >= 15 is 0 Å². The van der Waals surface area contributed by atoms with Crippen LogP contribution in [0.2, 0.25) is 5.02 Å². The topological polar surface area (TPSA) is 123 Å². The molecule has 2 amide bonds. The van der Waals surface area contributed by atoms with Gasteiger partial charge in [0.2, 0.25) is 0 Å². The van der Waals surface area contributed by atoms with E-state index in [1.165, 1.54) is 18.2 Å². The smallest absolute Gasteiger partial charge is 0.253 e. The first-order valence-electron chi connectivity index (χ1n) is 13.5. The van der Waals surface area contributed by atoms with E-state index in [-0.39, 0.29) is 37.8 Å². The third-order valence-electron chi connectivity index (χ3n) is 6.16. The van der Waals surface area contributed by atoms with Crippen LogP contribution in [0, 0.1) is 26.8 Å². The van der Waals surface area contributed by atoms with Crippen LogP contribution in [0.5, 0.6) is 0 Å². The van der Waals surface area contributed by atoms with E-state index in [2.05, 4.69) is 72.5 Å². The lowest BCUT2D eigenvalue weighted by Gasteiger charge is -2.14. The van der Waals surface area contributed by atoms with E-state index in [0.29, 0.717) is 22.0 Å². The minimum atomic E-state index is -0.487. The molecule has 0 spiro atoms. The summed E-state index contributed by atoms with van der Waals surface area (Å²) in [4.78, 5) is 24.3. The van der Waals surface area contributed by atoms with Crippen molar-refractivity contribution in [2.75, 3.05) is 36.9 Å². The predicted molar refractivity (Wildman–Crippen MR) is 191 cm³/mol. The van der Waals surface area contributed by atoms with E-state index in [1.807, 2.05) is 44.2 Å². The number of amides is 2. The first-order chi connectivity index (χ1) is 21.0. The Morgan fingerprint density at radius 1 is 0.682 bits per heavy atom. The van der Waals surface area contributed by atoms with Gasteiger partial charge in [0.1, 0.15) is 5.82 Å². The zero-order valence-electron chi connectivity index (χ0n) is 24.0. The third kappa shape index (κ3) is 10.6. The summed E-state index contributed by atoms with van der Waals surface area (Å²) in [6.45, 7) is 4.02. The van der Waals surface area contributed by atoms with Gasteiger partial charge in [0.15, 0.2) is 0 Å². The fraction of sp³-hybridized carbons (Fsp3) is 0.188. The first-order valence-corrected chi connectivity index (χ1v) is 16.0. The van der Waals surface area contributed by atoms with Crippen molar-refractivity contribution in [2.45, 2.75) is 13.8 Å². The Balaban J connectivity index is 0.000000240. The van der Waals surface area contributed by atoms with Crippen molar-refractivity contribution < 1.29 is 24.2 Å². The molecule has 0 fully saturated rings. The Morgan fingerprint density at radius 2 is 1.11 bits per heavy atom. The Bertz CT molecular complexity index is 1500. The second kappa shape index (κ2) is 17.5. The summed E-state index contributed by atoms with van der Waals surface area (Å²) in [6.07, 6.45) is 0. The molecular weight excluding hydrogens is 813 g/mol. The van der Waals surface area contributed by atoms with E-state index in [1.54, 1.807) is 18.2 Å². The predicted octanol–water partition coefficient (Wildman–Crippen LogP) is 6.92. The average molecular weight is 845 g/mol. The van der Waals surface area contributed by atoms with Crippen LogP contribution in [0.25, 0.3) is 0 Å². The molecule has 0 aliphatic heterocycles. The molecule has 232 valence electrons. The van der Waals surface area contributed by atoms with Gasteiger partial charge in [-0.3, -0.25) is 9.59 Å². The molecule has 4 aromatic carbocycles. The highest BCUT2D eigenvalue weighted by molar-refractivity contribution is 14.1. The quantitative estimate of drug-likeness (QED) is 0.0965. The van der Waals surface area contributed by atoms with Crippen LogP contribution in [-0.4, -0.2) is 48.3 Å². The number of nitrogens with one attached hydrogen (secondary N) is 4. The van der Waals surface area contributed by atoms with Gasteiger partial charge >= 0.3 is 0 Å². The first kappa shape index (κ1) is 35.5. The number of anilines is 4. The number of hydrogen-bond donors (Lipinski definition) is 6. The summed E-state index contributed by atoms with van der Waals surface area (Å²) < 4.78 is 15.7. The Hall–Kier alpha value is -2.98. The Labute approximate surface area is 288 Å². The maximum atomic E-state index is 13.4. The highest BCUT2D eigenvalue weighted by Gasteiger charge is 2.14. The molecule has 0 bridgehead atoms. The van der Waals surface area contributed by atoms with Crippen LogP contribution in [-0.2, 0) is 0 Å². The van der Waals surface area contributed by atoms with E-state index in [0.717, 1.165) is 29.6 Å². The standard InChI is InChI=1S/C16H16ClIN2O2.C16H16FIN2O2/c2*1-10-8-12(18)3-5-14(10)20-15-4-2-11(17)9-13(15)16(22)19-6-7-21/h2*2-5,8-9,20-21H,6-7H2,1H3,(H,19,22). The van der Waals surface area contributed by atoms with Gasteiger partial charge in [-0.25, -0.2) is 4.39 Å². The molecule has 0 saturated carbocycles. The van der Waals surface area contributed by atoms with Crippen LogP contribution in [0.15, 0.2) is 72.8 Å². The zero-order chi connectivity index (χ0) is 32.2. The monoisotopic (exact) mass is 844 g/mol. The van der Waals surface area contributed by atoms with Crippen LogP contribution in [0.3, 0.4) is 0 Å². The SMILES string of the molecule is Cc1cc(I)ccc1Nc1ccc(Cl)cc1C(=O)NCCO.Cc1cc(I)ccc1Nc1ccc(F)cc1C(=O)NCCO. The normalized spacial score (nSPS) is 10.4. The number of benzene rings is 4. The molecule has 4 rings (SSSR count). The van der Waals surface area contributed by atoms with Crippen LogP contribution < -0.4 is 21.3 Å². The van der Waals surface area contributed by atoms with E-state index < -0.39 is 11.7 Å². The van der Waals surface area contributed by atoms with Gasteiger partial charge in [-0.05, 0) is 143 Å². The lowest BCUT2D eigenvalue weighted by Crippen LogP contribution is -2.27. The lowest BCUT2D eigenvalue weighted by molar-refractivity contribution is 0.0938. The van der Waals surface area contributed by atoms with Crippen LogP contribution in [0.1, 0.15) is 31.8 Å². The largest absolute Gasteiger partial charge is 0.395 e. The molecule has 44 heavy (non-hydrogen) atoms. The average Bonchev–Trinajstić information content (AvgIpc) is 2.99. The fourth-order valence-electron chi connectivity index (χ4n) is 3.98. The Kier molecular flexibility index (Phi) is 14.1. The van der Waals surface area contributed by atoms with Crippen molar-refractivity contribution in [3.05, 3.63) is 113 Å². The van der Waals surface area contributed by atoms with Crippen molar-refractivity contribution in [2.24, 2.45) is 0 Å². The number of aliphatic hydroxyl groups excluding tert-OH is 2. The van der Waals surface area contributed by atoms with Crippen molar-refractivity contribution in [1.29, 1.82) is 0 Å². The number of aliphatic hydroxyl groups is 2. The summed E-state index contributed by atoms with van der Waals surface area (Å²) in [6, 6.07) is 21.0. The van der Waals surface area contributed by atoms with Gasteiger partial charge in [-0.15, -0.1) is 0 Å². The highest BCUT2D eigenvalue weighted by Crippen LogP contribution is 2.28. The van der Waals surface area contributed by atoms with Crippen LogP contribution in [0.4, 0.5) is 27.1 Å². The zero-order valence-corrected chi connectivity index (χ0v) is 29.1. The number of aryl methyl sites for hydroxylation is 2. The molecule has 6 N–H and O–H groups in total. The van der Waals surface area contributed by atoms with E-state index in [9.17, 15) is 14.0 Å². The molecule has 0 radical (unpaired) electrons. The lowest BCUT2D eigenvalue weighted by atomic mass is 10.1. The van der Waals surface area contributed by atoms with Crippen molar-refractivity contribution in [3.63, 3.8) is 0 Å². The second-order valence-electron chi connectivity index (χ2n) is 9.51. The molecule has 0 unspecified atom stereocenters. The third-order valence-corrected chi connectivity index (χ3v) is 7.74. The van der Waals surface area contributed by atoms with Crippen molar-refractivity contribution in [1.82, 2.24) is 10.6 Å². The van der Waals surface area contributed by atoms with Gasteiger partial charge < -0.3 is 31.5 Å². The molecular formula is C32H32ClFI2N4O4. The number of halogens is 4. The van der Waals surface area contributed by atoms with Gasteiger partial charge in [0.05, 0.1) is 35.7 Å². The summed E-state index contributed by atoms with van der Waals surface area (Å²) in [5, 5.41) is 29.7. The molecule has 4 aromatic rings. The van der Waals surface area contributed by atoms with Gasteiger partial charge in [0, 0.05) is 36.6 Å². The minimum absolute atomic E-state index is 0.106. The van der Waals surface area contributed by atoms with Gasteiger partial charge in [-0.2, -0.15) is 0 Å². The maximum Gasteiger partial charge on any atom is 0.253 e. The summed E-state index contributed by atoms with van der Waals surface area (Å²) in [5.41, 5.74) is 5.72. The minimum Gasteiger partial charge on any atom is -0.395 e. The van der Waals surface area contributed by atoms with Crippen LogP contribution >= 0.6 is 56.8 Å². The number of hydrogen-bond acceptors (Lipinski definition) is 6. The van der Waals surface area contributed by atoms with E-state index in [4.69, 9.17) is 21.8 Å². The Morgan fingerprint density at radius 3 is 1.57 bits per heavy atom. The summed E-state index contributed by atoms with van der Waals surface area (Å²) in [7, 11) is 0. The maximum absolute atomic E-state index is 13.4. The number of carbonyl (C=O) groups excluding carboxylic acids is 2. The molecule has 12 heteroatoms. The summed E-state index contributed by atoms with van der Waals surface area (Å²) in [5.74, 6) is -1.19. The number of carbonyl (C=O) groups is 2. The molecule has 8 nitrogen and oxygen atoms in total.